The Morgan fingerprint density at radius 1 is 1.42 bits per heavy atom. The van der Waals surface area contributed by atoms with Gasteiger partial charge in [-0.1, -0.05) is 22.0 Å². The normalized spacial score (nSPS) is 16.3. The molecule has 1 aromatic rings. The second kappa shape index (κ2) is 7.03. The minimum absolute atomic E-state index is 0.00827. The lowest BCUT2D eigenvalue weighted by Crippen LogP contribution is -2.46. The molecule has 1 heterocycles. The highest BCUT2D eigenvalue weighted by Gasteiger charge is 2.11. The molecule has 1 aliphatic heterocycles. The SMILES string of the molecule is Cc1ccc(Br)cc1C(=O)NCCN1CCNCC1. The van der Waals surface area contributed by atoms with Gasteiger partial charge in [0.25, 0.3) is 5.91 Å². The van der Waals surface area contributed by atoms with Gasteiger partial charge in [-0.15, -0.1) is 0 Å². The Hall–Kier alpha value is -0.910. The molecule has 4 nitrogen and oxygen atoms in total. The van der Waals surface area contributed by atoms with Gasteiger partial charge in [0, 0.05) is 49.3 Å². The molecule has 1 aliphatic rings. The Labute approximate surface area is 122 Å². The third kappa shape index (κ3) is 4.30. The van der Waals surface area contributed by atoms with Crippen LogP contribution in [-0.4, -0.2) is 50.1 Å². The number of rotatable bonds is 4. The number of carbonyl (C=O) groups excluding carboxylic acids is 1. The van der Waals surface area contributed by atoms with E-state index in [0.717, 1.165) is 48.3 Å². The standard InChI is InChI=1S/C14H20BrN3O/c1-11-2-3-12(15)10-13(11)14(19)17-6-9-18-7-4-16-5-8-18/h2-3,10,16H,4-9H2,1H3,(H,17,19). The third-order valence-corrected chi connectivity index (χ3v) is 3.86. The molecular weight excluding hydrogens is 306 g/mol. The molecule has 0 spiro atoms. The Balaban J connectivity index is 1.82. The van der Waals surface area contributed by atoms with Gasteiger partial charge in [0.05, 0.1) is 0 Å². The summed E-state index contributed by atoms with van der Waals surface area (Å²) in [5, 5.41) is 6.31. The summed E-state index contributed by atoms with van der Waals surface area (Å²) in [5.41, 5.74) is 1.75. The average molecular weight is 326 g/mol. The molecule has 2 rings (SSSR count). The van der Waals surface area contributed by atoms with E-state index in [0.29, 0.717) is 6.54 Å². The quantitative estimate of drug-likeness (QED) is 0.879. The number of hydrogen-bond acceptors (Lipinski definition) is 3. The molecule has 1 aromatic carbocycles. The maximum Gasteiger partial charge on any atom is 0.251 e. The van der Waals surface area contributed by atoms with Crippen LogP contribution in [0.2, 0.25) is 0 Å². The molecule has 0 aromatic heterocycles. The Kier molecular flexibility index (Phi) is 5.36. The van der Waals surface area contributed by atoms with Crippen LogP contribution in [0.15, 0.2) is 22.7 Å². The van der Waals surface area contributed by atoms with Crippen LogP contribution in [0.25, 0.3) is 0 Å². The Morgan fingerprint density at radius 3 is 2.89 bits per heavy atom. The number of halogens is 1. The number of nitrogens with zero attached hydrogens (tertiary/aromatic N) is 1. The highest BCUT2D eigenvalue weighted by Crippen LogP contribution is 2.15. The van der Waals surface area contributed by atoms with E-state index >= 15 is 0 Å². The van der Waals surface area contributed by atoms with Crippen molar-refractivity contribution in [2.24, 2.45) is 0 Å². The molecule has 1 fully saturated rings. The summed E-state index contributed by atoms with van der Waals surface area (Å²) < 4.78 is 0.936. The van der Waals surface area contributed by atoms with Crippen LogP contribution in [0.3, 0.4) is 0 Å². The van der Waals surface area contributed by atoms with E-state index in [4.69, 9.17) is 0 Å². The minimum atomic E-state index is 0.00827. The predicted molar refractivity (Wildman–Crippen MR) is 80.5 cm³/mol. The predicted octanol–water partition coefficient (Wildman–Crippen LogP) is 1.39. The van der Waals surface area contributed by atoms with Gasteiger partial charge in [-0.3, -0.25) is 9.69 Å². The van der Waals surface area contributed by atoms with E-state index in [1.807, 2.05) is 25.1 Å². The lowest BCUT2D eigenvalue weighted by Gasteiger charge is -2.27. The van der Waals surface area contributed by atoms with Gasteiger partial charge in [0.2, 0.25) is 0 Å². The van der Waals surface area contributed by atoms with Crippen LogP contribution in [0.1, 0.15) is 15.9 Å². The van der Waals surface area contributed by atoms with Gasteiger partial charge in [-0.25, -0.2) is 0 Å². The van der Waals surface area contributed by atoms with Crippen molar-refractivity contribution in [2.45, 2.75) is 6.92 Å². The maximum absolute atomic E-state index is 12.1. The van der Waals surface area contributed by atoms with E-state index in [-0.39, 0.29) is 5.91 Å². The molecule has 0 unspecified atom stereocenters. The van der Waals surface area contributed by atoms with E-state index in [9.17, 15) is 4.79 Å². The molecule has 0 atom stereocenters. The van der Waals surface area contributed by atoms with Crippen molar-refractivity contribution in [1.82, 2.24) is 15.5 Å². The van der Waals surface area contributed by atoms with Gasteiger partial charge in [-0.2, -0.15) is 0 Å². The summed E-state index contributed by atoms with van der Waals surface area (Å²) in [5.74, 6) is 0.00827. The summed E-state index contributed by atoms with van der Waals surface area (Å²) in [6, 6.07) is 5.78. The second-order valence-electron chi connectivity index (χ2n) is 4.81. The molecule has 0 aliphatic carbocycles. The molecule has 0 saturated carbocycles. The molecule has 1 amide bonds. The van der Waals surface area contributed by atoms with Crippen LogP contribution in [0, 0.1) is 6.92 Å². The number of nitrogens with one attached hydrogen (secondary N) is 2. The smallest absolute Gasteiger partial charge is 0.251 e. The average Bonchev–Trinajstić information content (AvgIpc) is 2.42. The fourth-order valence-corrected chi connectivity index (χ4v) is 2.56. The van der Waals surface area contributed by atoms with Gasteiger partial charge in [0.15, 0.2) is 0 Å². The first-order valence-corrected chi connectivity index (χ1v) is 7.43. The Morgan fingerprint density at radius 2 is 2.16 bits per heavy atom. The molecular formula is C14H20BrN3O. The van der Waals surface area contributed by atoms with Gasteiger partial charge >= 0.3 is 0 Å². The fourth-order valence-electron chi connectivity index (χ4n) is 2.20. The van der Waals surface area contributed by atoms with E-state index < -0.39 is 0 Å². The van der Waals surface area contributed by atoms with E-state index in [1.165, 1.54) is 0 Å². The molecule has 19 heavy (non-hydrogen) atoms. The second-order valence-corrected chi connectivity index (χ2v) is 5.72. The summed E-state index contributed by atoms with van der Waals surface area (Å²) in [7, 11) is 0. The number of piperazine rings is 1. The van der Waals surface area contributed by atoms with Crippen LogP contribution in [0.5, 0.6) is 0 Å². The first-order valence-electron chi connectivity index (χ1n) is 6.64. The van der Waals surface area contributed by atoms with E-state index in [2.05, 4.69) is 31.5 Å². The molecule has 104 valence electrons. The van der Waals surface area contributed by atoms with Crippen LogP contribution >= 0.6 is 15.9 Å². The fraction of sp³-hybridized carbons (Fsp3) is 0.500. The Bertz CT molecular complexity index is 444. The van der Waals surface area contributed by atoms with Crippen LogP contribution in [0.4, 0.5) is 0 Å². The molecule has 0 radical (unpaired) electrons. The number of carbonyl (C=O) groups is 1. The molecule has 5 heteroatoms. The summed E-state index contributed by atoms with van der Waals surface area (Å²) in [6.45, 7) is 7.78. The summed E-state index contributed by atoms with van der Waals surface area (Å²) >= 11 is 3.40. The number of amides is 1. The van der Waals surface area contributed by atoms with E-state index in [1.54, 1.807) is 0 Å². The van der Waals surface area contributed by atoms with Crippen LogP contribution < -0.4 is 10.6 Å². The topological polar surface area (TPSA) is 44.4 Å². The van der Waals surface area contributed by atoms with Gasteiger partial charge in [-0.05, 0) is 24.6 Å². The summed E-state index contributed by atoms with van der Waals surface area (Å²) in [6.07, 6.45) is 0. The lowest BCUT2D eigenvalue weighted by atomic mass is 10.1. The van der Waals surface area contributed by atoms with Gasteiger partial charge in [0.1, 0.15) is 0 Å². The lowest BCUT2D eigenvalue weighted by molar-refractivity contribution is 0.0946. The van der Waals surface area contributed by atoms with Crippen molar-refractivity contribution in [3.05, 3.63) is 33.8 Å². The van der Waals surface area contributed by atoms with Crippen molar-refractivity contribution < 1.29 is 4.79 Å². The summed E-state index contributed by atoms with van der Waals surface area (Å²) in [4.78, 5) is 14.5. The van der Waals surface area contributed by atoms with Crippen LogP contribution in [-0.2, 0) is 0 Å². The highest BCUT2D eigenvalue weighted by molar-refractivity contribution is 9.10. The zero-order valence-electron chi connectivity index (χ0n) is 11.2. The first-order chi connectivity index (χ1) is 9.16. The zero-order chi connectivity index (χ0) is 13.7. The number of benzene rings is 1. The first kappa shape index (κ1) is 14.5. The van der Waals surface area contributed by atoms with Gasteiger partial charge < -0.3 is 10.6 Å². The van der Waals surface area contributed by atoms with Crippen molar-refractivity contribution in [1.29, 1.82) is 0 Å². The largest absolute Gasteiger partial charge is 0.351 e. The monoisotopic (exact) mass is 325 g/mol. The minimum Gasteiger partial charge on any atom is -0.351 e. The molecule has 2 N–H and O–H groups in total. The zero-order valence-corrected chi connectivity index (χ0v) is 12.8. The molecule has 0 bridgehead atoms. The van der Waals surface area contributed by atoms with Crippen molar-refractivity contribution >= 4 is 21.8 Å². The van der Waals surface area contributed by atoms with Crippen molar-refractivity contribution in [3.63, 3.8) is 0 Å². The van der Waals surface area contributed by atoms with Crippen molar-refractivity contribution in [2.75, 3.05) is 39.3 Å². The number of hydrogen-bond donors (Lipinski definition) is 2. The number of aryl methyl sites for hydroxylation is 1. The molecule has 1 saturated heterocycles. The maximum atomic E-state index is 12.1. The third-order valence-electron chi connectivity index (χ3n) is 3.37. The highest BCUT2D eigenvalue weighted by atomic mass is 79.9. The van der Waals surface area contributed by atoms with Crippen molar-refractivity contribution in [3.8, 4) is 0 Å².